The number of rotatable bonds is 14. The minimum absolute atomic E-state index is 0.00614. The Labute approximate surface area is 293 Å². The number of alkyl halides is 3. The number of methoxy groups -OCH3 is 1. The molecular weight excluding hydrogens is 708 g/mol. The molecule has 3 aromatic rings. The van der Waals surface area contributed by atoms with Crippen LogP contribution < -0.4 is 9.47 Å². The second-order valence-electron chi connectivity index (χ2n) is 12.6. The second-order valence-corrected chi connectivity index (χ2v) is 13.5. The number of allylic oxidation sites excluding steroid dienone is 4. The van der Waals surface area contributed by atoms with Crippen LogP contribution in [0.5, 0.6) is 11.5 Å². The highest BCUT2D eigenvalue weighted by molar-refractivity contribution is 9.10. The largest absolute Gasteiger partial charge is 0.493 e. The van der Waals surface area contributed by atoms with Crippen LogP contribution >= 0.6 is 15.9 Å². The number of β-amino-alcohol motifs (C(OH)–C–C–N with tert-alkyl or cyclic N) is 1. The van der Waals surface area contributed by atoms with Crippen LogP contribution in [0, 0.1) is 5.92 Å². The molecular formula is C37H45BrF4N2O5. The van der Waals surface area contributed by atoms with Crippen molar-refractivity contribution in [2.75, 3.05) is 33.4 Å². The minimum atomic E-state index is -5.00. The molecule has 1 saturated heterocycles. The fourth-order valence-corrected chi connectivity index (χ4v) is 6.50. The number of aryl methyl sites for hydroxylation is 1. The van der Waals surface area contributed by atoms with Gasteiger partial charge in [0.15, 0.2) is 11.5 Å². The van der Waals surface area contributed by atoms with Crippen molar-refractivity contribution in [1.29, 1.82) is 0 Å². The first kappa shape index (κ1) is 38.5. The molecule has 49 heavy (non-hydrogen) atoms. The number of likely N-dealkylation sites (tertiary alicyclic amines) is 1. The van der Waals surface area contributed by atoms with Crippen LogP contribution in [0.25, 0.3) is 10.9 Å². The highest BCUT2D eigenvalue weighted by Gasteiger charge is 2.57. The van der Waals surface area contributed by atoms with Crippen molar-refractivity contribution in [1.82, 2.24) is 9.47 Å². The number of benzene rings is 2. The molecule has 4 rings (SSSR count). The summed E-state index contributed by atoms with van der Waals surface area (Å²) in [6, 6.07) is 10.3. The van der Waals surface area contributed by atoms with Crippen LogP contribution in [-0.2, 0) is 28.1 Å². The van der Waals surface area contributed by atoms with Crippen LogP contribution in [0.1, 0.15) is 58.1 Å². The number of ether oxygens (including phenoxy) is 3. The van der Waals surface area contributed by atoms with Crippen LogP contribution in [0.2, 0.25) is 0 Å². The van der Waals surface area contributed by atoms with Gasteiger partial charge >= 0.3 is 12.1 Å². The molecule has 1 fully saturated rings. The van der Waals surface area contributed by atoms with Gasteiger partial charge in [-0.1, -0.05) is 54.1 Å². The fraction of sp³-hybridized carbons (Fsp3) is 0.486. The quantitative estimate of drug-likeness (QED) is 0.101. The van der Waals surface area contributed by atoms with E-state index < -0.39 is 24.2 Å². The lowest BCUT2D eigenvalue weighted by Crippen LogP contribution is -2.53. The monoisotopic (exact) mass is 752 g/mol. The predicted molar refractivity (Wildman–Crippen MR) is 185 cm³/mol. The van der Waals surface area contributed by atoms with Crippen LogP contribution in [0.15, 0.2) is 70.6 Å². The maximum absolute atomic E-state index is 15.1. The lowest BCUT2D eigenvalue weighted by atomic mass is 9.91. The summed E-state index contributed by atoms with van der Waals surface area (Å²) >= 11 is 3.41. The van der Waals surface area contributed by atoms with Crippen molar-refractivity contribution in [3.05, 3.63) is 81.7 Å². The summed E-state index contributed by atoms with van der Waals surface area (Å²) in [5, 5.41) is 11.9. The Kier molecular flexibility index (Phi) is 13.0. The Morgan fingerprint density at radius 2 is 1.84 bits per heavy atom. The zero-order valence-corrected chi connectivity index (χ0v) is 30.2. The second kappa shape index (κ2) is 16.6. The summed E-state index contributed by atoms with van der Waals surface area (Å²) in [6.07, 6.45) is 0.931. The third-order valence-electron chi connectivity index (χ3n) is 8.71. The van der Waals surface area contributed by atoms with Crippen molar-refractivity contribution < 1.29 is 41.7 Å². The number of aliphatic hydroxyl groups is 1. The van der Waals surface area contributed by atoms with E-state index in [1.807, 2.05) is 6.07 Å². The third kappa shape index (κ3) is 9.26. The van der Waals surface area contributed by atoms with E-state index in [0.717, 1.165) is 5.56 Å². The zero-order valence-electron chi connectivity index (χ0n) is 28.6. The Balaban J connectivity index is 1.53. The molecule has 268 valence electrons. The number of piperidine rings is 1. The molecule has 2 heterocycles. The summed E-state index contributed by atoms with van der Waals surface area (Å²) in [5.74, 6) is -0.0277. The van der Waals surface area contributed by atoms with Gasteiger partial charge in [0.05, 0.1) is 20.3 Å². The van der Waals surface area contributed by atoms with Crippen molar-refractivity contribution in [2.45, 2.75) is 77.8 Å². The smallest absolute Gasteiger partial charge is 0.422 e. The van der Waals surface area contributed by atoms with Gasteiger partial charge in [0.2, 0.25) is 5.60 Å². The molecule has 0 radical (unpaired) electrons. The molecule has 0 aliphatic carbocycles. The molecule has 0 bridgehead atoms. The van der Waals surface area contributed by atoms with E-state index in [9.17, 15) is 23.1 Å². The van der Waals surface area contributed by atoms with Gasteiger partial charge in [0, 0.05) is 64.7 Å². The van der Waals surface area contributed by atoms with Gasteiger partial charge in [-0.05, 0) is 62.9 Å². The molecule has 12 heteroatoms. The number of nitrogens with zero attached hydrogens (tertiary/aromatic N) is 2. The Morgan fingerprint density at radius 1 is 1.12 bits per heavy atom. The molecule has 1 N–H and O–H groups in total. The van der Waals surface area contributed by atoms with E-state index in [1.165, 1.54) is 13.3 Å². The lowest BCUT2D eigenvalue weighted by molar-refractivity contribution is -0.272. The van der Waals surface area contributed by atoms with Crippen molar-refractivity contribution >= 4 is 32.8 Å². The highest BCUT2D eigenvalue weighted by Crippen LogP contribution is 2.44. The average molecular weight is 754 g/mol. The molecule has 1 aliphatic rings. The number of aromatic nitrogens is 1. The topological polar surface area (TPSA) is 73.2 Å². The predicted octanol–water partition coefficient (Wildman–Crippen LogP) is 8.66. The first-order valence-corrected chi connectivity index (χ1v) is 17.3. The van der Waals surface area contributed by atoms with E-state index >= 15 is 4.39 Å². The van der Waals surface area contributed by atoms with Crippen molar-refractivity contribution in [3.8, 4) is 11.5 Å². The average Bonchev–Trinajstić information content (AvgIpc) is 3.41. The van der Waals surface area contributed by atoms with Gasteiger partial charge in [-0.3, -0.25) is 9.69 Å². The van der Waals surface area contributed by atoms with Gasteiger partial charge < -0.3 is 23.9 Å². The van der Waals surface area contributed by atoms with E-state index in [4.69, 9.17) is 14.2 Å². The van der Waals surface area contributed by atoms with Gasteiger partial charge in [0.1, 0.15) is 11.9 Å². The van der Waals surface area contributed by atoms with E-state index in [2.05, 4.69) is 15.9 Å². The Hall–Kier alpha value is -3.35. The number of esters is 1. The van der Waals surface area contributed by atoms with Gasteiger partial charge in [-0.15, -0.1) is 0 Å². The number of hydrogen-bond acceptors (Lipinski definition) is 6. The minimum Gasteiger partial charge on any atom is -0.493 e. The number of carbonyl (C=O) groups excluding carboxylic acids is 1. The number of halogens is 5. The van der Waals surface area contributed by atoms with Crippen LogP contribution in [0.3, 0.4) is 0 Å². The maximum atomic E-state index is 15.1. The SMILES string of the molecule is C/C=C\C(Cn1cc(C(O)(CN2CCC(Oc3ccc(CCC(=O)OCC)cc3OC)CC2)C(F)(F)F)c2ccc(Br)cc21)=C(\F)C(C)C. The number of fused-ring (bicyclic) bond motifs is 1. The Morgan fingerprint density at radius 3 is 2.45 bits per heavy atom. The van der Waals surface area contributed by atoms with Crippen LogP contribution in [-0.4, -0.2) is 66.2 Å². The van der Waals surface area contributed by atoms with Gasteiger partial charge in [-0.25, -0.2) is 4.39 Å². The molecule has 0 amide bonds. The fourth-order valence-electron chi connectivity index (χ4n) is 6.15. The van der Waals surface area contributed by atoms with E-state index in [-0.39, 0.29) is 54.9 Å². The third-order valence-corrected chi connectivity index (χ3v) is 9.21. The summed E-state index contributed by atoms with van der Waals surface area (Å²) in [7, 11) is 1.52. The number of hydrogen-bond donors (Lipinski definition) is 1. The van der Waals surface area contributed by atoms with E-state index in [1.54, 1.807) is 79.6 Å². The molecule has 1 aliphatic heterocycles. The summed E-state index contributed by atoms with van der Waals surface area (Å²) < 4.78 is 78.9. The van der Waals surface area contributed by atoms with Crippen LogP contribution in [0.4, 0.5) is 17.6 Å². The molecule has 2 aromatic carbocycles. The zero-order chi connectivity index (χ0) is 35.9. The molecule has 0 saturated carbocycles. The lowest BCUT2D eigenvalue weighted by Gasteiger charge is -2.39. The summed E-state index contributed by atoms with van der Waals surface area (Å²) in [4.78, 5) is 13.3. The van der Waals surface area contributed by atoms with Gasteiger partial charge in [-0.2, -0.15) is 13.2 Å². The molecule has 1 unspecified atom stereocenters. The number of carbonyl (C=O) groups is 1. The maximum Gasteiger partial charge on any atom is 0.422 e. The first-order valence-electron chi connectivity index (χ1n) is 16.5. The summed E-state index contributed by atoms with van der Waals surface area (Å²) in [6.45, 7) is 7.11. The molecule has 0 spiro atoms. The molecule has 1 atom stereocenters. The first-order chi connectivity index (χ1) is 23.2. The standard InChI is InChI=1S/C37H45BrF4N2O5/c1-6-8-26(35(39)24(3)4)21-44-22-30(29-12-11-27(38)20-31(29)44)36(46,37(40,41)42)23-43-17-15-28(16-18-43)49-32-13-9-25(19-33(32)47-5)10-14-34(45)48-7-2/h6,8-9,11-13,19-20,22,24,28,46H,7,10,14-18,21,23H2,1-5H3/b8-6-,35-26-. The Bertz CT molecular complexity index is 1660. The van der Waals surface area contributed by atoms with E-state index in [0.29, 0.717) is 52.9 Å². The van der Waals surface area contributed by atoms with Gasteiger partial charge in [0.25, 0.3) is 0 Å². The summed E-state index contributed by atoms with van der Waals surface area (Å²) in [5.41, 5.74) is -1.80. The van der Waals surface area contributed by atoms with Crippen molar-refractivity contribution in [3.63, 3.8) is 0 Å². The highest BCUT2D eigenvalue weighted by atomic mass is 79.9. The molecule has 1 aromatic heterocycles. The normalized spacial score (nSPS) is 16.7. The van der Waals surface area contributed by atoms with Crippen molar-refractivity contribution in [2.24, 2.45) is 5.92 Å². The molecule has 7 nitrogen and oxygen atoms in total.